The van der Waals surface area contributed by atoms with Gasteiger partial charge in [-0.1, -0.05) is 6.42 Å². The lowest BCUT2D eigenvalue weighted by Crippen LogP contribution is -2.51. The minimum atomic E-state index is -3.53. The zero-order valence-corrected chi connectivity index (χ0v) is 18.7. The number of carbonyl (C=O) groups excluding carboxylic acids is 2. The largest absolute Gasteiger partial charge is 0.454 e. The van der Waals surface area contributed by atoms with Crippen molar-refractivity contribution in [1.82, 2.24) is 4.31 Å². The number of ether oxygens (including phenoxy) is 1. The SMILES string of the molecule is O=C(OCC(=O)C12CC3CC(CC(C3)C1)C2)c1ccc(S(=O)(=O)N2CCCCC2)cc1. The second kappa shape index (κ2) is 8.00. The molecule has 0 N–H and O–H groups in total. The summed E-state index contributed by atoms with van der Waals surface area (Å²) in [5.74, 6) is 1.50. The van der Waals surface area contributed by atoms with Crippen molar-refractivity contribution in [1.29, 1.82) is 0 Å². The Morgan fingerprint density at radius 3 is 2.00 bits per heavy atom. The number of piperidine rings is 1. The van der Waals surface area contributed by atoms with Crippen LogP contribution in [0.3, 0.4) is 0 Å². The summed E-state index contributed by atoms with van der Waals surface area (Å²) in [5, 5.41) is 0. The lowest BCUT2D eigenvalue weighted by Gasteiger charge is -2.55. The maximum Gasteiger partial charge on any atom is 0.338 e. The predicted octanol–water partition coefficient (Wildman–Crippen LogP) is 3.80. The quantitative estimate of drug-likeness (QED) is 0.622. The van der Waals surface area contributed by atoms with E-state index < -0.39 is 16.0 Å². The minimum absolute atomic E-state index is 0.0734. The molecule has 0 amide bonds. The summed E-state index contributed by atoms with van der Waals surface area (Å²) >= 11 is 0. The monoisotopic (exact) mass is 445 g/mol. The van der Waals surface area contributed by atoms with Crippen molar-refractivity contribution in [2.45, 2.75) is 62.7 Å². The first kappa shape index (κ1) is 21.1. The molecule has 5 fully saturated rings. The summed E-state index contributed by atoms with van der Waals surface area (Å²) in [4.78, 5) is 25.7. The molecule has 6 rings (SSSR count). The first-order valence-corrected chi connectivity index (χ1v) is 13.1. The van der Waals surface area contributed by atoms with Crippen LogP contribution in [0.5, 0.6) is 0 Å². The third-order valence-corrected chi connectivity index (χ3v) is 9.92. The summed E-state index contributed by atoms with van der Waals surface area (Å²) in [6.45, 7) is 0.899. The van der Waals surface area contributed by atoms with Gasteiger partial charge >= 0.3 is 5.97 Å². The Kier molecular flexibility index (Phi) is 5.45. The highest BCUT2D eigenvalue weighted by molar-refractivity contribution is 7.89. The number of hydrogen-bond donors (Lipinski definition) is 0. The van der Waals surface area contributed by atoms with Crippen LogP contribution in [-0.4, -0.2) is 44.2 Å². The number of esters is 1. The van der Waals surface area contributed by atoms with Gasteiger partial charge in [0.1, 0.15) is 0 Å². The molecular weight excluding hydrogens is 414 g/mol. The molecule has 0 radical (unpaired) electrons. The van der Waals surface area contributed by atoms with Crippen molar-refractivity contribution in [3.05, 3.63) is 29.8 Å². The van der Waals surface area contributed by atoms with E-state index in [9.17, 15) is 18.0 Å². The van der Waals surface area contributed by atoms with Gasteiger partial charge in [0.2, 0.25) is 10.0 Å². The Morgan fingerprint density at radius 1 is 0.903 bits per heavy atom. The van der Waals surface area contributed by atoms with E-state index in [1.54, 1.807) is 0 Å². The van der Waals surface area contributed by atoms with Gasteiger partial charge in [-0.25, -0.2) is 13.2 Å². The maximum absolute atomic E-state index is 13.0. The van der Waals surface area contributed by atoms with Crippen LogP contribution in [-0.2, 0) is 19.6 Å². The standard InChI is InChI=1S/C24H31NO5S/c26-22(24-13-17-10-18(14-24)12-19(11-17)15-24)16-30-23(27)20-4-6-21(7-5-20)31(28,29)25-8-2-1-3-9-25/h4-7,17-19H,1-3,8-16H2. The number of rotatable bonds is 6. The van der Waals surface area contributed by atoms with Crippen molar-refractivity contribution < 1.29 is 22.7 Å². The highest BCUT2D eigenvalue weighted by atomic mass is 32.2. The molecule has 5 aliphatic rings. The molecule has 4 aliphatic carbocycles. The first-order valence-electron chi connectivity index (χ1n) is 11.7. The van der Waals surface area contributed by atoms with Gasteiger partial charge in [0.25, 0.3) is 0 Å². The molecule has 4 saturated carbocycles. The third kappa shape index (κ3) is 3.95. The average molecular weight is 446 g/mol. The summed E-state index contributed by atoms with van der Waals surface area (Å²) in [6, 6.07) is 5.88. The fraction of sp³-hybridized carbons (Fsp3) is 0.667. The van der Waals surface area contributed by atoms with Crippen molar-refractivity contribution in [3.8, 4) is 0 Å². The minimum Gasteiger partial charge on any atom is -0.454 e. The van der Waals surface area contributed by atoms with E-state index in [1.165, 1.54) is 47.8 Å². The molecule has 1 aliphatic heterocycles. The predicted molar refractivity (Wildman–Crippen MR) is 115 cm³/mol. The Bertz CT molecular complexity index is 927. The van der Waals surface area contributed by atoms with Crippen LogP contribution in [0.1, 0.15) is 68.1 Å². The summed E-state index contributed by atoms with van der Waals surface area (Å²) < 4.78 is 32.4. The van der Waals surface area contributed by atoms with Crippen molar-refractivity contribution >= 4 is 21.8 Å². The van der Waals surface area contributed by atoms with E-state index in [2.05, 4.69) is 0 Å². The van der Waals surface area contributed by atoms with Crippen LogP contribution in [0.2, 0.25) is 0 Å². The summed E-state index contributed by atoms with van der Waals surface area (Å²) in [6.07, 6.45) is 9.47. The summed E-state index contributed by atoms with van der Waals surface area (Å²) in [7, 11) is -3.53. The molecule has 4 bridgehead atoms. The van der Waals surface area contributed by atoms with E-state index in [1.807, 2.05) is 0 Å². The highest BCUT2D eigenvalue weighted by Gasteiger charge is 2.54. The van der Waals surface area contributed by atoms with Crippen molar-refractivity contribution in [3.63, 3.8) is 0 Å². The van der Waals surface area contributed by atoms with Crippen LogP contribution in [0.25, 0.3) is 0 Å². The smallest absolute Gasteiger partial charge is 0.338 e. The molecule has 1 aromatic carbocycles. The van der Waals surface area contributed by atoms with Gasteiger partial charge in [-0.3, -0.25) is 4.79 Å². The summed E-state index contributed by atoms with van der Waals surface area (Å²) in [5.41, 5.74) is -0.00239. The van der Waals surface area contributed by atoms with Crippen molar-refractivity contribution in [2.24, 2.45) is 23.2 Å². The van der Waals surface area contributed by atoms with E-state index in [4.69, 9.17) is 4.74 Å². The van der Waals surface area contributed by atoms with Crippen molar-refractivity contribution in [2.75, 3.05) is 19.7 Å². The van der Waals surface area contributed by atoms with Gasteiger partial charge in [-0.2, -0.15) is 4.31 Å². The van der Waals surface area contributed by atoms with Gasteiger partial charge in [-0.05, 0) is 93.4 Å². The third-order valence-electron chi connectivity index (χ3n) is 8.01. The topological polar surface area (TPSA) is 80.8 Å². The number of ketones is 1. The molecule has 168 valence electrons. The molecule has 0 spiro atoms. The number of Topliss-reactive ketones (excluding diaryl/α,β-unsaturated/α-hetero) is 1. The number of nitrogens with zero attached hydrogens (tertiary/aromatic N) is 1. The number of hydrogen-bond acceptors (Lipinski definition) is 5. The fourth-order valence-corrected chi connectivity index (χ4v) is 8.35. The number of benzene rings is 1. The van der Waals surface area contributed by atoms with Crippen LogP contribution < -0.4 is 0 Å². The van der Waals surface area contributed by atoms with E-state index >= 15 is 0 Å². The molecule has 0 unspecified atom stereocenters. The van der Waals surface area contributed by atoms with Gasteiger partial charge in [0.05, 0.1) is 10.5 Å². The zero-order valence-electron chi connectivity index (χ0n) is 17.9. The highest BCUT2D eigenvalue weighted by Crippen LogP contribution is 2.60. The Labute approximate surface area is 184 Å². The molecule has 1 heterocycles. The molecule has 0 atom stereocenters. The number of sulfonamides is 1. The molecule has 1 aromatic rings. The second-order valence-corrected chi connectivity index (χ2v) is 12.1. The van der Waals surface area contributed by atoms with Crippen LogP contribution >= 0.6 is 0 Å². The average Bonchev–Trinajstić information content (AvgIpc) is 2.77. The van der Waals surface area contributed by atoms with Crippen LogP contribution in [0.4, 0.5) is 0 Å². The molecular formula is C24H31NO5S. The zero-order chi connectivity index (χ0) is 21.6. The van der Waals surface area contributed by atoms with E-state index in [0.717, 1.165) is 38.5 Å². The molecule has 1 saturated heterocycles. The normalized spacial score (nSPS) is 32.7. The molecule has 7 heteroatoms. The Hall–Kier alpha value is -1.73. The molecule has 31 heavy (non-hydrogen) atoms. The number of carbonyl (C=O) groups is 2. The van der Waals surface area contributed by atoms with E-state index in [-0.39, 0.29) is 28.3 Å². The first-order chi connectivity index (χ1) is 14.9. The lowest BCUT2D eigenvalue weighted by atomic mass is 9.48. The fourth-order valence-electron chi connectivity index (χ4n) is 6.84. The van der Waals surface area contributed by atoms with Gasteiger partial charge in [0.15, 0.2) is 12.4 Å². The van der Waals surface area contributed by atoms with Crippen LogP contribution in [0.15, 0.2) is 29.2 Å². The van der Waals surface area contributed by atoms with E-state index in [0.29, 0.717) is 30.8 Å². The lowest BCUT2D eigenvalue weighted by molar-refractivity contribution is -0.147. The molecule has 6 nitrogen and oxygen atoms in total. The molecule has 0 aromatic heterocycles. The maximum atomic E-state index is 13.0. The van der Waals surface area contributed by atoms with Gasteiger partial charge in [0, 0.05) is 18.5 Å². The van der Waals surface area contributed by atoms with Gasteiger partial charge < -0.3 is 4.74 Å². The van der Waals surface area contributed by atoms with Gasteiger partial charge in [-0.15, -0.1) is 0 Å². The Morgan fingerprint density at radius 2 is 1.45 bits per heavy atom. The van der Waals surface area contributed by atoms with Crippen LogP contribution in [0, 0.1) is 23.2 Å². The second-order valence-electron chi connectivity index (χ2n) is 10.2. The Balaban J connectivity index is 1.21.